The minimum absolute atomic E-state index is 0.0754. The molecule has 3 rings (SSSR count). The second kappa shape index (κ2) is 8.49. The molecule has 0 bridgehead atoms. The SMILES string of the molecule is COc1ccc(NC(=O)CCS(=O)(=O)c2nc3c(=O)n(C)c(=O)n(C)c3n2C)cc1OC. The number of benzene rings is 1. The third-order valence-corrected chi connectivity index (χ3v) is 6.63. The van der Waals surface area contributed by atoms with E-state index in [0.717, 1.165) is 9.13 Å². The normalized spacial score (nSPS) is 11.5. The van der Waals surface area contributed by atoms with Gasteiger partial charge < -0.3 is 19.4 Å². The average Bonchev–Trinajstić information content (AvgIpc) is 3.13. The first kappa shape index (κ1) is 23.1. The topological polar surface area (TPSA) is 144 Å². The van der Waals surface area contributed by atoms with Gasteiger partial charge in [0, 0.05) is 39.3 Å². The van der Waals surface area contributed by atoms with E-state index < -0.39 is 37.9 Å². The number of amides is 1. The van der Waals surface area contributed by atoms with Gasteiger partial charge in [-0.1, -0.05) is 0 Å². The number of nitrogens with one attached hydrogen (secondary N) is 1. The Kier molecular flexibility index (Phi) is 6.12. The molecule has 0 spiro atoms. The molecule has 0 fully saturated rings. The summed E-state index contributed by atoms with van der Waals surface area (Å²) in [5.41, 5.74) is -0.974. The van der Waals surface area contributed by atoms with E-state index >= 15 is 0 Å². The van der Waals surface area contributed by atoms with Crippen LogP contribution in [0.5, 0.6) is 11.5 Å². The molecule has 1 aromatic carbocycles. The van der Waals surface area contributed by atoms with E-state index in [2.05, 4.69) is 10.3 Å². The van der Waals surface area contributed by atoms with Crippen molar-refractivity contribution < 1.29 is 22.7 Å². The molecule has 12 nitrogen and oxygen atoms in total. The van der Waals surface area contributed by atoms with Gasteiger partial charge in [0.2, 0.25) is 20.9 Å². The lowest BCUT2D eigenvalue weighted by Crippen LogP contribution is -2.37. The number of aryl methyl sites for hydroxylation is 2. The van der Waals surface area contributed by atoms with Crippen molar-refractivity contribution >= 4 is 32.6 Å². The number of hydrogen-bond acceptors (Lipinski definition) is 8. The summed E-state index contributed by atoms with van der Waals surface area (Å²) in [7, 11) is 2.99. The predicted molar refractivity (Wildman–Crippen MR) is 116 cm³/mol. The van der Waals surface area contributed by atoms with Crippen LogP contribution in [-0.2, 0) is 35.8 Å². The lowest BCUT2D eigenvalue weighted by molar-refractivity contribution is -0.115. The standard InChI is InChI=1S/C19H23N5O7S/c1-22-16-15(17(26)24(3)19(27)23(16)2)21-18(22)32(28,29)9-8-14(25)20-11-6-7-12(30-4)13(10-11)31-5/h6-7,10H,8-9H2,1-5H3,(H,20,25). The summed E-state index contributed by atoms with van der Waals surface area (Å²) in [6, 6.07) is 4.75. The van der Waals surface area contributed by atoms with E-state index in [4.69, 9.17) is 9.47 Å². The van der Waals surface area contributed by atoms with Crippen LogP contribution in [0.4, 0.5) is 5.69 Å². The summed E-state index contributed by atoms with van der Waals surface area (Å²) in [4.78, 5) is 40.8. The maximum absolute atomic E-state index is 12.9. The van der Waals surface area contributed by atoms with Crippen LogP contribution in [0, 0.1) is 0 Å². The van der Waals surface area contributed by atoms with Crippen LogP contribution in [0.3, 0.4) is 0 Å². The highest BCUT2D eigenvalue weighted by Gasteiger charge is 2.26. The molecule has 2 heterocycles. The molecule has 0 aliphatic rings. The monoisotopic (exact) mass is 465 g/mol. The maximum Gasteiger partial charge on any atom is 0.332 e. The van der Waals surface area contributed by atoms with Crippen molar-refractivity contribution in [1.82, 2.24) is 18.7 Å². The van der Waals surface area contributed by atoms with Crippen molar-refractivity contribution in [3.05, 3.63) is 39.0 Å². The summed E-state index contributed by atoms with van der Waals surface area (Å²) in [5, 5.41) is 2.20. The van der Waals surface area contributed by atoms with Crippen LogP contribution in [-0.4, -0.2) is 53.0 Å². The molecule has 0 saturated heterocycles. The molecule has 1 N–H and O–H groups in total. The number of anilines is 1. The zero-order valence-corrected chi connectivity index (χ0v) is 19.0. The first-order valence-corrected chi connectivity index (χ1v) is 11.0. The van der Waals surface area contributed by atoms with Crippen molar-refractivity contribution in [1.29, 1.82) is 0 Å². The van der Waals surface area contributed by atoms with E-state index in [-0.39, 0.29) is 17.6 Å². The number of ether oxygens (including phenoxy) is 2. The van der Waals surface area contributed by atoms with Gasteiger partial charge in [0.1, 0.15) is 0 Å². The zero-order chi connectivity index (χ0) is 23.8. The summed E-state index contributed by atoms with van der Waals surface area (Å²) >= 11 is 0. The molecular formula is C19H23N5O7S. The Labute approximate surface area is 182 Å². The number of fused-ring (bicyclic) bond motifs is 1. The smallest absolute Gasteiger partial charge is 0.332 e. The Hall–Kier alpha value is -3.61. The Bertz CT molecular complexity index is 1430. The molecule has 13 heteroatoms. The van der Waals surface area contributed by atoms with Gasteiger partial charge in [0.25, 0.3) is 5.56 Å². The average molecular weight is 465 g/mol. The quantitative estimate of drug-likeness (QED) is 0.505. The number of rotatable bonds is 7. The van der Waals surface area contributed by atoms with E-state index in [1.54, 1.807) is 18.2 Å². The second-order valence-electron chi connectivity index (χ2n) is 7.02. The van der Waals surface area contributed by atoms with E-state index in [9.17, 15) is 22.8 Å². The molecule has 0 radical (unpaired) electrons. The molecule has 1 amide bonds. The fourth-order valence-electron chi connectivity index (χ4n) is 3.29. The van der Waals surface area contributed by atoms with E-state index in [1.807, 2.05) is 0 Å². The Morgan fingerprint density at radius 1 is 1.03 bits per heavy atom. The summed E-state index contributed by atoms with van der Waals surface area (Å²) in [6.45, 7) is 0. The van der Waals surface area contributed by atoms with Crippen molar-refractivity contribution in [3.8, 4) is 11.5 Å². The zero-order valence-electron chi connectivity index (χ0n) is 18.2. The molecule has 2 aromatic heterocycles. The summed E-state index contributed by atoms with van der Waals surface area (Å²) < 4.78 is 39.2. The predicted octanol–water partition coefficient (Wildman–Crippen LogP) is -0.210. The number of carbonyl (C=O) groups excluding carboxylic acids is 1. The fourth-order valence-corrected chi connectivity index (χ4v) is 4.66. The molecule has 0 atom stereocenters. The molecule has 0 aliphatic carbocycles. The number of imidazole rings is 1. The minimum Gasteiger partial charge on any atom is -0.493 e. The van der Waals surface area contributed by atoms with Gasteiger partial charge in [-0.15, -0.1) is 0 Å². The number of carbonyl (C=O) groups is 1. The largest absolute Gasteiger partial charge is 0.493 e. The third kappa shape index (κ3) is 3.98. The fraction of sp³-hybridized carbons (Fsp3) is 0.368. The Balaban J connectivity index is 1.84. The number of hydrogen-bond donors (Lipinski definition) is 1. The Morgan fingerprint density at radius 3 is 2.31 bits per heavy atom. The van der Waals surface area contributed by atoms with Crippen LogP contribution < -0.4 is 26.0 Å². The van der Waals surface area contributed by atoms with Gasteiger partial charge in [0.05, 0.1) is 20.0 Å². The van der Waals surface area contributed by atoms with Gasteiger partial charge in [-0.25, -0.2) is 18.2 Å². The molecule has 0 unspecified atom stereocenters. The third-order valence-electron chi connectivity index (χ3n) is 4.97. The van der Waals surface area contributed by atoms with Gasteiger partial charge in [-0.2, -0.15) is 0 Å². The molecular weight excluding hydrogens is 442 g/mol. The van der Waals surface area contributed by atoms with Crippen LogP contribution in [0.25, 0.3) is 11.2 Å². The number of aromatic nitrogens is 4. The van der Waals surface area contributed by atoms with Crippen molar-refractivity contribution in [2.75, 3.05) is 25.3 Å². The molecule has 0 aliphatic heterocycles. The Morgan fingerprint density at radius 2 is 1.69 bits per heavy atom. The van der Waals surface area contributed by atoms with Gasteiger partial charge in [0.15, 0.2) is 22.7 Å². The summed E-state index contributed by atoms with van der Waals surface area (Å²) in [6.07, 6.45) is -0.350. The molecule has 3 aromatic rings. The summed E-state index contributed by atoms with van der Waals surface area (Å²) in [5.74, 6) is -0.194. The van der Waals surface area contributed by atoms with Crippen molar-refractivity contribution in [2.24, 2.45) is 21.1 Å². The van der Waals surface area contributed by atoms with Crippen molar-refractivity contribution in [3.63, 3.8) is 0 Å². The van der Waals surface area contributed by atoms with Crippen LogP contribution in [0.2, 0.25) is 0 Å². The van der Waals surface area contributed by atoms with Gasteiger partial charge in [-0.3, -0.25) is 18.7 Å². The van der Waals surface area contributed by atoms with E-state index in [0.29, 0.717) is 17.2 Å². The second-order valence-corrected chi connectivity index (χ2v) is 9.02. The number of nitrogens with zero attached hydrogens (tertiary/aromatic N) is 4. The molecule has 172 valence electrons. The number of methoxy groups -OCH3 is 2. The molecule has 32 heavy (non-hydrogen) atoms. The van der Waals surface area contributed by atoms with Crippen molar-refractivity contribution in [2.45, 2.75) is 11.6 Å². The maximum atomic E-state index is 12.9. The van der Waals surface area contributed by atoms with Gasteiger partial charge in [-0.05, 0) is 12.1 Å². The molecule has 0 saturated carbocycles. The first-order chi connectivity index (χ1) is 15.0. The highest BCUT2D eigenvalue weighted by Crippen LogP contribution is 2.29. The van der Waals surface area contributed by atoms with E-state index in [1.165, 1.54) is 39.9 Å². The first-order valence-electron chi connectivity index (χ1n) is 9.39. The van der Waals surface area contributed by atoms with Crippen LogP contribution in [0.1, 0.15) is 6.42 Å². The van der Waals surface area contributed by atoms with Gasteiger partial charge >= 0.3 is 5.69 Å². The minimum atomic E-state index is -4.04. The highest BCUT2D eigenvalue weighted by molar-refractivity contribution is 7.91. The number of sulfone groups is 1. The highest BCUT2D eigenvalue weighted by atomic mass is 32.2. The lowest BCUT2D eigenvalue weighted by atomic mass is 10.2. The van der Waals surface area contributed by atoms with Crippen LogP contribution >= 0.6 is 0 Å². The van der Waals surface area contributed by atoms with Crippen LogP contribution in [0.15, 0.2) is 32.9 Å². The lowest BCUT2D eigenvalue weighted by Gasteiger charge is -2.11.